The highest BCUT2D eigenvalue weighted by Gasteiger charge is 2.29. The minimum absolute atomic E-state index is 0.333. The van der Waals surface area contributed by atoms with E-state index in [1.165, 1.54) is 0 Å². The lowest BCUT2D eigenvalue weighted by molar-refractivity contribution is 0.188. The Balaban J connectivity index is 2.20. The van der Waals surface area contributed by atoms with Gasteiger partial charge in [-0.05, 0) is 37.1 Å². The van der Waals surface area contributed by atoms with E-state index in [0.29, 0.717) is 23.9 Å². The highest BCUT2D eigenvalue weighted by Crippen LogP contribution is 2.24. The van der Waals surface area contributed by atoms with E-state index in [-0.39, 0.29) is 0 Å². The number of hydrogen-bond donors (Lipinski definition) is 0. The molecule has 1 aliphatic rings. The molecule has 0 unspecified atom stereocenters. The van der Waals surface area contributed by atoms with Crippen LogP contribution in [0, 0.1) is 6.92 Å². The number of hydrogen-bond acceptors (Lipinski definition) is 3. The van der Waals surface area contributed by atoms with E-state index in [1.54, 1.807) is 16.4 Å². The predicted molar refractivity (Wildman–Crippen MR) is 86.2 cm³/mol. The van der Waals surface area contributed by atoms with Crippen LogP contribution in [0.5, 0.6) is 0 Å². The number of halogens is 1. The van der Waals surface area contributed by atoms with E-state index in [0.717, 1.165) is 37.2 Å². The van der Waals surface area contributed by atoms with Gasteiger partial charge in [-0.1, -0.05) is 19.1 Å². The summed E-state index contributed by atoms with van der Waals surface area (Å²) in [5, 5.41) is 0. The van der Waals surface area contributed by atoms with Crippen LogP contribution in [-0.2, 0) is 15.9 Å². The molecule has 0 N–H and O–H groups in total. The standard InChI is InChI=1S/C15H23ClN2O2S/c1-3-7-17-8-10-18(11-9-17)21(19,20)15-6-4-5-14(12-16)13(15)2/h4-6H,3,7-12H2,1-2H3. The molecule has 0 radical (unpaired) electrons. The molecule has 1 aliphatic heterocycles. The number of piperazine rings is 1. The van der Waals surface area contributed by atoms with Crippen molar-refractivity contribution in [3.8, 4) is 0 Å². The van der Waals surface area contributed by atoms with Crippen LogP contribution in [0.15, 0.2) is 23.1 Å². The van der Waals surface area contributed by atoms with Crippen LogP contribution in [0.2, 0.25) is 0 Å². The van der Waals surface area contributed by atoms with Crippen LogP contribution in [0.1, 0.15) is 24.5 Å². The Morgan fingerprint density at radius 2 is 1.86 bits per heavy atom. The fraction of sp³-hybridized carbons (Fsp3) is 0.600. The maximum absolute atomic E-state index is 12.8. The quantitative estimate of drug-likeness (QED) is 0.779. The predicted octanol–water partition coefficient (Wildman–Crippen LogP) is 2.45. The number of sulfonamides is 1. The zero-order valence-electron chi connectivity index (χ0n) is 12.7. The zero-order valence-corrected chi connectivity index (χ0v) is 14.3. The fourth-order valence-corrected chi connectivity index (χ4v) is 4.71. The van der Waals surface area contributed by atoms with Crippen LogP contribution in [0.25, 0.3) is 0 Å². The summed E-state index contributed by atoms with van der Waals surface area (Å²) in [6, 6.07) is 5.32. The molecule has 2 rings (SSSR count). The molecule has 0 spiro atoms. The Hall–Kier alpha value is -0.620. The molecule has 1 aromatic carbocycles. The second-order valence-corrected chi connectivity index (χ2v) is 7.59. The molecule has 0 bridgehead atoms. The summed E-state index contributed by atoms with van der Waals surface area (Å²) < 4.78 is 27.2. The van der Waals surface area contributed by atoms with Crippen LogP contribution in [0.4, 0.5) is 0 Å². The zero-order chi connectivity index (χ0) is 15.5. The average Bonchev–Trinajstić information content (AvgIpc) is 2.48. The Bertz CT molecular complexity index is 581. The molecule has 0 atom stereocenters. The summed E-state index contributed by atoms with van der Waals surface area (Å²) in [5.74, 6) is 0.333. The second kappa shape index (κ2) is 7.09. The van der Waals surface area contributed by atoms with Crippen molar-refractivity contribution < 1.29 is 8.42 Å². The van der Waals surface area contributed by atoms with E-state index >= 15 is 0 Å². The third-order valence-corrected chi connectivity index (χ3v) is 6.36. The Morgan fingerprint density at radius 1 is 1.19 bits per heavy atom. The lowest BCUT2D eigenvalue weighted by atomic mass is 10.1. The van der Waals surface area contributed by atoms with Crippen LogP contribution in [0.3, 0.4) is 0 Å². The first-order chi connectivity index (χ1) is 10.0. The molecule has 6 heteroatoms. The van der Waals surface area contributed by atoms with Gasteiger partial charge in [-0.15, -0.1) is 11.6 Å². The van der Waals surface area contributed by atoms with E-state index in [1.807, 2.05) is 13.0 Å². The average molecular weight is 331 g/mol. The molecule has 0 aromatic heterocycles. The summed E-state index contributed by atoms with van der Waals surface area (Å²) in [4.78, 5) is 2.71. The third kappa shape index (κ3) is 3.59. The van der Waals surface area contributed by atoms with Crippen LogP contribution in [-0.4, -0.2) is 50.3 Å². The Labute approximate surface area is 132 Å². The first kappa shape index (κ1) is 16.7. The summed E-state index contributed by atoms with van der Waals surface area (Å²) >= 11 is 5.88. The van der Waals surface area contributed by atoms with Gasteiger partial charge in [0.15, 0.2) is 0 Å². The molecule has 0 amide bonds. The van der Waals surface area contributed by atoms with E-state index < -0.39 is 10.0 Å². The molecular formula is C15H23ClN2O2S. The van der Waals surface area contributed by atoms with Gasteiger partial charge < -0.3 is 4.90 Å². The SMILES string of the molecule is CCCN1CCN(S(=O)(=O)c2cccc(CCl)c2C)CC1. The van der Waals surface area contributed by atoms with Gasteiger partial charge in [0.05, 0.1) is 4.90 Å². The van der Waals surface area contributed by atoms with Crippen molar-refractivity contribution in [2.24, 2.45) is 0 Å². The molecule has 1 fully saturated rings. The maximum atomic E-state index is 12.8. The molecule has 0 aliphatic carbocycles. The molecule has 1 aromatic rings. The van der Waals surface area contributed by atoms with Crippen molar-refractivity contribution in [3.05, 3.63) is 29.3 Å². The minimum Gasteiger partial charge on any atom is -0.301 e. The minimum atomic E-state index is -3.42. The normalized spacial score (nSPS) is 18.0. The second-order valence-electron chi connectivity index (χ2n) is 5.42. The van der Waals surface area contributed by atoms with Gasteiger partial charge in [0, 0.05) is 32.1 Å². The molecule has 118 valence electrons. The Kier molecular flexibility index (Phi) is 5.66. The van der Waals surface area contributed by atoms with Crippen molar-refractivity contribution in [2.75, 3.05) is 32.7 Å². The first-order valence-electron chi connectivity index (χ1n) is 7.37. The summed E-state index contributed by atoms with van der Waals surface area (Å²) in [7, 11) is -3.42. The largest absolute Gasteiger partial charge is 0.301 e. The molecule has 4 nitrogen and oxygen atoms in total. The van der Waals surface area contributed by atoms with Crippen LogP contribution >= 0.6 is 11.6 Å². The molecule has 1 heterocycles. The van der Waals surface area contributed by atoms with Crippen molar-refractivity contribution >= 4 is 21.6 Å². The van der Waals surface area contributed by atoms with Gasteiger partial charge in [-0.2, -0.15) is 4.31 Å². The van der Waals surface area contributed by atoms with Gasteiger partial charge in [-0.3, -0.25) is 0 Å². The number of nitrogens with zero attached hydrogens (tertiary/aromatic N) is 2. The van der Waals surface area contributed by atoms with E-state index in [9.17, 15) is 8.42 Å². The van der Waals surface area contributed by atoms with Gasteiger partial charge in [0.2, 0.25) is 10.0 Å². The monoisotopic (exact) mass is 330 g/mol. The highest BCUT2D eigenvalue weighted by atomic mass is 35.5. The summed E-state index contributed by atoms with van der Waals surface area (Å²) in [5.41, 5.74) is 1.64. The van der Waals surface area contributed by atoms with Gasteiger partial charge in [0.25, 0.3) is 0 Å². The maximum Gasteiger partial charge on any atom is 0.243 e. The number of alkyl halides is 1. The Morgan fingerprint density at radius 3 is 2.43 bits per heavy atom. The summed E-state index contributed by atoms with van der Waals surface area (Å²) in [6.07, 6.45) is 1.10. The molecular weight excluding hydrogens is 308 g/mol. The van der Waals surface area contributed by atoms with Crippen molar-refractivity contribution in [3.63, 3.8) is 0 Å². The number of rotatable bonds is 5. The van der Waals surface area contributed by atoms with Crippen molar-refractivity contribution in [2.45, 2.75) is 31.0 Å². The van der Waals surface area contributed by atoms with Gasteiger partial charge >= 0.3 is 0 Å². The fourth-order valence-electron chi connectivity index (χ4n) is 2.73. The third-order valence-electron chi connectivity index (χ3n) is 4.03. The van der Waals surface area contributed by atoms with E-state index in [2.05, 4.69) is 11.8 Å². The van der Waals surface area contributed by atoms with Gasteiger partial charge in [-0.25, -0.2) is 8.42 Å². The first-order valence-corrected chi connectivity index (χ1v) is 9.35. The lowest BCUT2D eigenvalue weighted by Crippen LogP contribution is -2.48. The van der Waals surface area contributed by atoms with Crippen molar-refractivity contribution in [1.82, 2.24) is 9.21 Å². The molecule has 1 saturated heterocycles. The van der Waals surface area contributed by atoms with Gasteiger partial charge in [0.1, 0.15) is 0 Å². The molecule has 21 heavy (non-hydrogen) atoms. The summed E-state index contributed by atoms with van der Waals surface area (Å²) in [6.45, 7) is 7.75. The smallest absolute Gasteiger partial charge is 0.243 e. The topological polar surface area (TPSA) is 40.6 Å². The lowest BCUT2D eigenvalue weighted by Gasteiger charge is -2.34. The van der Waals surface area contributed by atoms with E-state index in [4.69, 9.17) is 11.6 Å². The van der Waals surface area contributed by atoms with Crippen LogP contribution < -0.4 is 0 Å². The number of benzene rings is 1. The van der Waals surface area contributed by atoms with Crippen molar-refractivity contribution in [1.29, 1.82) is 0 Å². The highest BCUT2D eigenvalue weighted by molar-refractivity contribution is 7.89. The molecule has 0 saturated carbocycles.